The third kappa shape index (κ3) is 3.82. The lowest BCUT2D eigenvalue weighted by atomic mass is 9.94. The maximum absolute atomic E-state index is 12.4. The van der Waals surface area contributed by atoms with Gasteiger partial charge in [-0.2, -0.15) is 0 Å². The van der Waals surface area contributed by atoms with E-state index < -0.39 is 15.6 Å². The van der Waals surface area contributed by atoms with Gasteiger partial charge in [0.2, 0.25) is 10.0 Å². The van der Waals surface area contributed by atoms with Gasteiger partial charge >= 0.3 is 0 Å². The van der Waals surface area contributed by atoms with Crippen LogP contribution in [0.5, 0.6) is 0 Å². The van der Waals surface area contributed by atoms with Crippen molar-refractivity contribution < 1.29 is 17.9 Å². The maximum Gasteiger partial charge on any atom is 0.251 e. The van der Waals surface area contributed by atoms with Crippen LogP contribution in [0.25, 0.3) is 0 Å². The van der Waals surface area contributed by atoms with Crippen molar-refractivity contribution in [3.63, 3.8) is 0 Å². The third-order valence-electron chi connectivity index (χ3n) is 3.96. The lowest BCUT2D eigenvalue weighted by Gasteiger charge is -2.27. The highest BCUT2D eigenvalue weighted by molar-refractivity contribution is 7.89. The van der Waals surface area contributed by atoms with E-state index in [4.69, 9.17) is 15.6 Å². The highest BCUT2D eigenvalue weighted by Gasteiger charge is 2.46. The van der Waals surface area contributed by atoms with E-state index in [0.717, 1.165) is 0 Å². The molecule has 0 radical (unpaired) electrons. The fourth-order valence-electron chi connectivity index (χ4n) is 2.98. The lowest BCUT2D eigenvalue weighted by molar-refractivity contribution is -0.0693. The molecule has 128 valence electrons. The van der Waals surface area contributed by atoms with Crippen molar-refractivity contribution in [2.75, 3.05) is 5.73 Å². The zero-order valence-electron chi connectivity index (χ0n) is 13.7. The van der Waals surface area contributed by atoms with Gasteiger partial charge in [-0.15, -0.1) is 0 Å². The van der Waals surface area contributed by atoms with Gasteiger partial charge in [-0.1, -0.05) is 0 Å². The highest BCUT2D eigenvalue weighted by atomic mass is 32.2. The van der Waals surface area contributed by atoms with E-state index in [2.05, 4.69) is 5.32 Å². The van der Waals surface area contributed by atoms with Gasteiger partial charge in [0.1, 0.15) is 4.90 Å². The van der Waals surface area contributed by atoms with E-state index >= 15 is 0 Å². The molecule has 1 unspecified atom stereocenters. The van der Waals surface area contributed by atoms with Crippen LogP contribution in [0.2, 0.25) is 0 Å². The zero-order valence-corrected chi connectivity index (χ0v) is 14.5. The second-order valence-electron chi connectivity index (χ2n) is 6.99. The topological polar surface area (TPSA) is 125 Å². The van der Waals surface area contributed by atoms with E-state index in [9.17, 15) is 13.2 Å². The van der Waals surface area contributed by atoms with Gasteiger partial charge in [0.15, 0.2) is 0 Å². The predicted octanol–water partition coefficient (Wildman–Crippen LogP) is 0.992. The number of anilines is 1. The molecule has 1 amide bonds. The molecule has 1 aliphatic rings. The molecule has 7 nitrogen and oxygen atoms in total. The number of hydrogen-bond donors (Lipinski definition) is 3. The summed E-state index contributed by atoms with van der Waals surface area (Å²) in [6.45, 7) is 7.79. The summed E-state index contributed by atoms with van der Waals surface area (Å²) in [6, 6.07) is 3.77. The zero-order chi connectivity index (χ0) is 17.6. The smallest absolute Gasteiger partial charge is 0.251 e. The van der Waals surface area contributed by atoms with Crippen LogP contribution in [0.1, 0.15) is 44.5 Å². The standard InChI is InChI=1S/C15H23N3O4S/c1-14(2)8-12(15(3,4)22-14)18-13(19)9-5-6-11(10(16)7-9)23(17,20)21/h5-7,12H,8,16H2,1-4H3,(H,18,19)(H2,17,20,21). The summed E-state index contributed by atoms with van der Waals surface area (Å²) in [4.78, 5) is 12.2. The van der Waals surface area contributed by atoms with Crippen LogP contribution in [-0.2, 0) is 14.8 Å². The second-order valence-corrected chi connectivity index (χ2v) is 8.52. The summed E-state index contributed by atoms with van der Waals surface area (Å²) in [6.07, 6.45) is 0.677. The molecule has 1 saturated heterocycles. The van der Waals surface area contributed by atoms with Gasteiger partial charge in [-0.3, -0.25) is 4.79 Å². The first-order chi connectivity index (χ1) is 10.3. The van der Waals surface area contributed by atoms with Crippen LogP contribution < -0.4 is 16.2 Å². The maximum atomic E-state index is 12.4. The fraction of sp³-hybridized carbons (Fsp3) is 0.533. The van der Waals surface area contributed by atoms with Crippen molar-refractivity contribution >= 4 is 21.6 Å². The van der Waals surface area contributed by atoms with Crippen LogP contribution in [-0.4, -0.2) is 31.6 Å². The number of benzene rings is 1. The van der Waals surface area contributed by atoms with Crippen molar-refractivity contribution in [1.82, 2.24) is 5.32 Å². The number of sulfonamides is 1. The largest absolute Gasteiger partial charge is 0.398 e. The molecule has 1 fully saturated rings. The van der Waals surface area contributed by atoms with Crippen molar-refractivity contribution in [3.8, 4) is 0 Å². The molecule has 1 heterocycles. The summed E-state index contributed by atoms with van der Waals surface area (Å²) in [5, 5.41) is 7.98. The number of carbonyl (C=O) groups is 1. The average molecular weight is 341 g/mol. The number of hydrogen-bond acceptors (Lipinski definition) is 5. The number of rotatable bonds is 3. The minimum atomic E-state index is -3.91. The van der Waals surface area contributed by atoms with Gasteiger partial charge in [-0.25, -0.2) is 13.6 Å². The first-order valence-corrected chi connectivity index (χ1v) is 8.80. The first kappa shape index (κ1) is 17.7. The quantitative estimate of drug-likeness (QED) is 0.707. The number of ether oxygens (including phenoxy) is 1. The van der Waals surface area contributed by atoms with E-state index in [1.54, 1.807) is 0 Å². The van der Waals surface area contributed by atoms with Crippen LogP contribution >= 0.6 is 0 Å². The summed E-state index contributed by atoms with van der Waals surface area (Å²) >= 11 is 0. The Morgan fingerprint density at radius 3 is 2.35 bits per heavy atom. The van der Waals surface area contributed by atoms with Gasteiger partial charge in [0, 0.05) is 5.56 Å². The Hall–Kier alpha value is -1.64. The van der Waals surface area contributed by atoms with E-state index in [-0.39, 0.29) is 33.7 Å². The molecular formula is C15H23N3O4S. The second kappa shape index (κ2) is 5.47. The summed E-state index contributed by atoms with van der Waals surface area (Å²) in [7, 11) is -3.91. The predicted molar refractivity (Wildman–Crippen MR) is 87.3 cm³/mol. The Morgan fingerprint density at radius 2 is 1.91 bits per heavy atom. The molecule has 1 atom stereocenters. The summed E-state index contributed by atoms with van der Waals surface area (Å²) in [5.41, 5.74) is 5.09. The molecule has 23 heavy (non-hydrogen) atoms. The van der Waals surface area contributed by atoms with Crippen LogP contribution in [0.15, 0.2) is 23.1 Å². The Labute approximate surface area is 136 Å². The number of nitrogen functional groups attached to an aromatic ring is 1. The molecule has 1 aliphatic heterocycles. The fourth-order valence-corrected chi connectivity index (χ4v) is 3.62. The van der Waals surface area contributed by atoms with Crippen LogP contribution in [0.4, 0.5) is 5.69 Å². The Kier molecular flexibility index (Phi) is 4.21. The molecule has 5 N–H and O–H groups in total. The normalized spacial score (nSPS) is 22.7. The monoisotopic (exact) mass is 341 g/mol. The molecular weight excluding hydrogens is 318 g/mol. The number of carbonyl (C=O) groups excluding carboxylic acids is 1. The molecule has 2 rings (SSSR count). The number of nitrogens with two attached hydrogens (primary N) is 2. The van der Waals surface area contributed by atoms with Crippen molar-refractivity contribution in [2.45, 2.75) is 56.3 Å². The van der Waals surface area contributed by atoms with Crippen molar-refractivity contribution in [3.05, 3.63) is 23.8 Å². The average Bonchev–Trinajstić information content (AvgIpc) is 2.55. The van der Waals surface area contributed by atoms with Gasteiger partial charge in [-0.05, 0) is 52.3 Å². The Morgan fingerprint density at radius 1 is 1.30 bits per heavy atom. The number of primary sulfonamides is 1. The van der Waals surface area contributed by atoms with Crippen LogP contribution in [0.3, 0.4) is 0 Å². The molecule has 1 aromatic carbocycles. The molecule has 8 heteroatoms. The third-order valence-corrected chi connectivity index (χ3v) is 4.94. The van der Waals surface area contributed by atoms with Crippen molar-refractivity contribution in [2.24, 2.45) is 5.14 Å². The first-order valence-electron chi connectivity index (χ1n) is 7.25. The molecule has 0 bridgehead atoms. The molecule has 1 aromatic rings. The van der Waals surface area contributed by atoms with Gasteiger partial charge < -0.3 is 15.8 Å². The molecule has 0 saturated carbocycles. The summed E-state index contributed by atoms with van der Waals surface area (Å²) < 4.78 is 28.6. The van der Waals surface area contributed by atoms with Gasteiger partial charge in [0.25, 0.3) is 5.91 Å². The van der Waals surface area contributed by atoms with Gasteiger partial charge in [0.05, 0.1) is 22.9 Å². The van der Waals surface area contributed by atoms with Crippen LogP contribution in [0, 0.1) is 0 Å². The Balaban J connectivity index is 2.21. The number of nitrogens with one attached hydrogen (secondary N) is 1. The Bertz CT molecular complexity index is 741. The van der Waals surface area contributed by atoms with Crippen molar-refractivity contribution in [1.29, 1.82) is 0 Å². The lowest BCUT2D eigenvalue weighted by Crippen LogP contribution is -2.46. The minimum absolute atomic E-state index is 0.0533. The molecule has 0 aliphatic carbocycles. The molecule has 0 aromatic heterocycles. The number of amides is 1. The summed E-state index contributed by atoms with van der Waals surface area (Å²) in [5.74, 6) is -0.336. The van der Waals surface area contributed by atoms with E-state index in [0.29, 0.717) is 6.42 Å². The van der Waals surface area contributed by atoms with E-state index in [1.807, 2.05) is 27.7 Å². The molecule has 0 spiro atoms. The minimum Gasteiger partial charge on any atom is -0.398 e. The van der Waals surface area contributed by atoms with E-state index in [1.165, 1.54) is 18.2 Å². The SMILES string of the molecule is CC1(C)CC(NC(=O)c2ccc(S(N)(=O)=O)c(N)c2)C(C)(C)O1. The highest BCUT2D eigenvalue weighted by Crippen LogP contribution is 2.37.